The molecule has 3 nitrogen and oxygen atoms in total. The van der Waals surface area contributed by atoms with Gasteiger partial charge in [-0.3, -0.25) is 4.90 Å². The van der Waals surface area contributed by atoms with Crippen LogP contribution in [0.5, 0.6) is 0 Å². The highest BCUT2D eigenvalue weighted by Crippen LogP contribution is 2.24. The summed E-state index contributed by atoms with van der Waals surface area (Å²) in [5.41, 5.74) is 1.38. The van der Waals surface area contributed by atoms with Gasteiger partial charge in [0.25, 0.3) is 0 Å². The molecular weight excluding hydrogens is 236 g/mol. The second-order valence-corrected chi connectivity index (χ2v) is 5.58. The third-order valence-corrected chi connectivity index (χ3v) is 3.96. The van der Waals surface area contributed by atoms with E-state index in [1.165, 1.54) is 18.4 Å². The standard InChI is InChI=1S/C16H26N2O/c1-13(12-19-3)18(2)16(11-17-15-9-10-15)14-7-5-4-6-8-14/h4-8,13,15-17H,9-12H2,1-3H3. The molecule has 2 atom stereocenters. The van der Waals surface area contributed by atoms with Crippen molar-refractivity contribution in [3.8, 4) is 0 Å². The van der Waals surface area contributed by atoms with Crippen molar-refractivity contribution in [1.29, 1.82) is 0 Å². The molecular formula is C16H26N2O. The van der Waals surface area contributed by atoms with Gasteiger partial charge in [-0.05, 0) is 32.4 Å². The Hall–Kier alpha value is -0.900. The first kappa shape index (κ1) is 14.5. The minimum Gasteiger partial charge on any atom is -0.383 e. The number of rotatable bonds is 8. The highest BCUT2D eigenvalue weighted by molar-refractivity contribution is 5.19. The Bertz CT molecular complexity index is 364. The van der Waals surface area contributed by atoms with Crippen LogP contribution in [0.3, 0.4) is 0 Å². The van der Waals surface area contributed by atoms with Crippen LogP contribution in [0.25, 0.3) is 0 Å². The molecule has 19 heavy (non-hydrogen) atoms. The normalized spacial score (nSPS) is 18.5. The number of nitrogens with zero attached hydrogens (tertiary/aromatic N) is 1. The molecule has 1 saturated carbocycles. The Kier molecular flexibility index (Phi) is 5.37. The van der Waals surface area contributed by atoms with Gasteiger partial charge in [-0.25, -0.2) is 0 Å². The average Bonchev–Trinajstić information content (AvgIpc) is 3.24. The number of benzene rings is 1. The molecule has 0 spiro atoms. The minimum atomic E-state index is 0.409. The van der Waals surface area contributed by atoms with Crippen molar-refractivity contribution in [2.24, 2.45) is 0 Å². The van der Waals surface area contributed by atoms with Crippen molar-refractivity contribution in [3.63, 3.8) is 0 Å². The van der Waals surface area contributed by atoms with Gasteiger partial charge >= 0.3 is 0 Å². The Balaban J connectivity index is 2.03. The average molecular weight is 262 g/mol. The van der Waals surface area contributed by atoms with Gasteiger partial charge in [0.2, 0.25) is 0 Å². The summed E-state index contributed by atoms with van der Waals surface area (Å²) in [7, 11) is 3.96. The summed E-state index contributed by atoms with van der Waals surface area (Å²) >= 11 is 0. The Morgan fingerprint density at radius 2 is 2.00 bits per heavy atom. The van der Waals surface area contributed by atoms with E-state index in [9.17, 15) is 0 Å². The number of hydrogen-bond donors (Lipinski definition) is 1. The Morgan fingerprint density at radius 3 is 2.58 bits per heavy atom. The number of hydrogen-bond acceptors (Lipinski definition) is 3. The molecule has 0 bridgehead atoms. The van der Waals surface area contributed by atoms with Crippen molar-refractivity contribution in [2.75, 3.05) is 27.3 Å². The summed E-state index contributed by atoms with van der Waals surface area (Å²) in [6.45, 7) is 4.00. The molecule has 2 rings (SSSR count). The zero-order valence-electron chi connectivity index (χ0n) is 12.3. The maximum absolute atomic E-state index is 5.29. The van der Waals surface area contributed by atoms with Crippen LogP contribution in [0.1, 0.15) is 31.4 Å². The molecule has 0 heterocycles. The topological polar surface area (TPSA) is 24.5 Å². The zero-order valence-corrected chi connectivity index (χ0v) is 12.3. The molecule has 2 unspecified atom stereocenters. The largest absolute Gasteiger partial charge is 0.383 e. The molecule has 1 aliphatic carbocycles. The lowest BCUT2D eigenvalue weighted by molar-refractivity contribution is 0.0882. The minimum absolute atomic E-state index is 0.409. The SMILES string of the molecule is COCC(C)N(C)C(CNC1CC1)c1ccccc1. The molecule has 1 aromatic rings. The van der Waals surface area contributed by atoms with Crippen molar-refractivity contribution < 1.29 is 4.74 Å². The van der Waals surface area contributed by atoms with Crippen molar-refractivity contribution in [3.05, 3.63) is 35.9 Å². The van der Waals surface area contributed by atoms with Crippen LogP contribution in [0.15, 0.2) is 30.3 Å². The van der Waals surface area contributed by atoms with Crippen LogP contribution >= 0.6 is 0 Å². The lowest BCUT2D eigenvalue weighted by Crippen LogP contribution is -2.41. The smallest absolute Gasteiger partial charge is 0.0615 e. The lowest BCUT2D eigenvalue weighted by Gasteiger charge is -2.33. The van der Waals surface area contributed by atoms with Crippen LogP contribution in [-0.4, -0.2) is 44.3 Å². The summed E-state index contributed by atoms with van der Waals surface area (Å²) in [5, 5.41) is 3.65. The van der Waals surface area contributed by atoms with Gasteiger partial charge in [-0.2, -0.15) is 0 Å². The molecule has 0 saturated heterocycles. The van der Waals surface area contributed by atoms with E-state index >= 15 is 0 Å². The van der Waals surface area contributed by atoms with E-state index in [1.807, 2.05) is 0 Å². The maximum Gasteiger partial charge on any atom is 0.0615 e. The molecule has 1 fully saturated rings. The van der Waals surface area contributed by atoms with Crippen LogP contribution in [0.2, 0.25) is 0 Å². The molecule has 1 aromatic carbocycles. The predicted octanol–water partition coefficient (Wildman–Crippen LogP) is 2.45. The second-order valence-electron chi connectivity index (χ2n) is 5.58. The van der Waals surface area contributed by atoms with Gasteiger partial charge in [0.1, 0.15) is 0 Å². The lowest BCUT2D eigenvalue weighted by atomic mass is 10.0. The quantitative estimate of drug-likeness (QED) is 0.779. The first-order valence-corrected chi connectivity index (χ1v) is 7.21. The number of ether oxygens (including phenoxy) is 1. The van der Waals surface area contributed by atoms with E-state index < -0.39 is 0 Å². The van der Waals surface area contributed by atoms with E-state index in [0.29, 0.717) is 12.1 Å². The highest BCUT2D eigenvalue weighted by atomic mass is 16.5. The number of methoxy groups -OCH3 is 1. The molecule has 3 heteroatoms. The van der Waals surface area contributed by atoms with Gasteiger partial charge < -0.3 is 10.1 Å². The highest BCUT2D eigenvalue weighted by Gasteiger charge is 2.25. The summed E-state index contributed by atoms with van der Waals surface area (Å²) in [4.78, 5) is 2.41. The van der Waals surface area contributed by atoms with Crippen LogP contribution in [0, 0.1) is 0 Å². The van der Waals surface area contributed by atoms with Crippen molar-refractivity contribution in [1.82, 2.24) is 10.2 Å². The number of nitrogens with one attached hydrogen (secondary N) is 1. The molecule has 1 aliphatic rings. The summed E-state index contributed by atoms with van der Waals surface area (Å²) in [6, 6.07) is 12.3. The fourth-order valence-corrected chi connectivity index (χ4v) is 2.40. The third-order valence-electron chi connectivity index (χ3n) is 3.96. The van der Waals surface area contributed by atoms with Gasteiger partial charge in [-0.15, -0.1) is 0 Å². The fraction of sp³-hybridized carbons (Fsp3) is 0.625. The first-order valence-electron chi connectivity index (χ1n) is 7.21. The predicted molar refractivity (Wildman–Crippen MR) is 79.3 cm³/mol. The molecule has 0 aromatic heterocycles. The fourth-order valence-electron chi connectivity index (χ4n) is 2.40. The maximum atomic E-state index is 5.29. The van der Waals surface area contributed by atoms with Crippen LogP contribution < -0.4 is 5.32 Å². The monoisotopic (exact) mass is 262 g/mol. The van der Waals surface area contributed by atoms with E-state index in [0.717, 1.165) is 19.2 Å². The number of likely N-dealkylation sites (N-methyl/N-ethyl adjacent to an activating group) is 1. The van der Waals surface area contributed by atoms with E-state index in [-0.39, 0.29) is 0 Å². The summed E-state index contributed by atoms with van der Waals surface area (Å²) in [5.74, 6) is 0. The molecule has 0 aliphatic heterocycles. The Morgan fingerprint density at radius 1 is 1.32 bits per heavy atom. The zero-order chi connectivity index (χ0) is 13.7. The third kappa shape index (κ3) is 4.30. The van der Waals surface area contributed by atoms with Gasteiger partial charge in [0, 0.05) is 31.8 Å². The summed E-state index contributed by atoms with van der Waals surface area (Å²) in [6.07, 6.45) is 2.66. The van der Waals surface area contributed by atoms with Crippen molar-refractivity contribution >= 4 is 0 Å². The van der Waals surface area contributed by atoms with Crippen LogP contribution in [-0.2, 0) is 4.74 Å². The van der Waals surface area contributed by atoms with E-state index in [4.69, 9.17) is 4.74 Å². The molecule has 1 N–H and O–H groups in total. The molecule has 106 valence electrons. The van der Waals surface area contributed by atoms with Crippen molar-refractivity contribution in [2.45, 2.75) is 37.9 Å². The van der Waals surface area contributed by atoms with Gasteiger partial charge in [-0.1, -0.05) is 30.3 Å². The summed E-state index contributed by atoms with van der Waals surface area (Å²) < 4.78 is 5.29. The van der Waals surface area contributed by atoms with E-state index in [1.54, 1.807) is 7.11 Å². The molecule has 0 radical (unpaired) electrons. The first-order chi connectivity index (χ1) is 9.22. The van der Waals surface area contributed by atoms with Gasteiger partial charge in [0.15, 0.2) is 0 Å². The van der Waals surface area contributed by atoms with Crippen LogP contribution in [0.4, 0.5) is 0 Å². The second kappa shape index (κ2) is 7.04. The van der Waals surface area contributed by atoms with Gasteiger partial charge in [0.05, 0.1) is 6.61 Å². The Labute approximate surface area is 116 Å². The molecule has 0 amide bonds. The van der Waals surface area contributed by atoms with E-state index in [2.05, 4.69) is 54.5 Å².